The Kier molecular flexibility index (Phi) is 9.27. The van der Waals surface area contributed by atoms with Crippen molar-refractivity contribution in [2.45, 2.75) is 57.9 Å². The molecule has 0 spiro atoms. The Morgan fingerprint density at radius 2 is 1.93 bits per heavy atom. The molecule has 11 heteroatoms. The second-order valence-electron chi connectivity index (χ2n) is 11.4. The number of carbonyl (C=O) groups excluding carboxylic acids is 3. The van der Waals surface area contributed by atoms with Gasteiger partial charge in [-0.15, -0.1) is 0 Å². The lowest BCUT2D eigenvalue weighted by Gasteiger charge is -2.30. The van der Waals surface area contributed by atoms with E-state index in [-0.39, 0.29) is 24.3 Å². The summed E-state index contributed by atoms with van der Waals surface area (Å²) in [7, 11) is 3.18. The summed E-state index contributed by atoms with van der Waals surface area (Å²) in [6, 6.07) is 7.66. The average molecular weight is 612 g/mol. The molecular formula is C31H37N3O6S2. The van der Waals surface area contributed by atoms with Gasteiger partial charge >= 0.3 is 0 Å². The number of aryl methyl sites for hydroxylation is 1. The molecule has 2 aromatic rings. The van der Waals surface area contributed by atoms with Crippen LogP contribution in [0.4, 0.5) is 0 Å². The van der Waals surface area contributed by atoms with Crippen molar-refractivity contribution in [2.24, 2.45) is 23.5 Å². The molecule has 9 nitrogen and oxygen atoms in total. The van der Waals surface area contributed by atoms with Gasteiger partial charge in [0.05, 0.1) is 19.1 Å². The number of primary amides is 1. The van der Waals surface area contributed by atoms with Crippen LogP contribution < -0.4 is 20.5 Å². The maximum atomic E-state index is 13.6. The summed E-state index contributed by atoms with van der Waals surface area (Å²) in [6.07, 6.45) is 7.66. The summed E-state index contributed by atoms with van der Waals surface area (Å²) >= 11 is 7.02. The fourth-order valence-corrected chi connectivity index (χ4v) is 7.67. The number of furan rings is 1. The monoisotopic (exact) mass is 611 g/mol. The number of nitrogens with two attached hydrogens (primary N) is 1. The van der Waals surface area contributed by atoms with Crippen LogP contribution in [0, 0.1) is 17.8 Å². The third-order valence-electron chi connectivity index (χ3n) is 8.47. The molecule has 3 aliphatic rings. The Balaban J connectivity index is 1.38. The first kappa shape index (κ1) is 30.2. The van der Waals surface area contributed by atoms with Crippen molar-refractivity contribution in [1.29, 1.82) is 0 Å². The predicted octanol–water partition coefficient (Wildman–Crippen LogP) is 4.91. The van der Waals surface area contributed by atoms with Gasteiger partial charge in [0, 0.05) is 42.6 Å². The van der Waals surface area contributed by atoms with E-state index < -0.39 is 11.8 Å². The highest BCUT2D eigenvalue weighted by Gasteiger charge is 2.48. The number of hydrogen-bond acceptors (Lipinski definition) is 8. The molecule has 3 N–H and O–H groups in total. The summed E-state index contributed by atoms with van der Waals surface area (Å²) in [5, 5.41) is 2.87. The van der Waals surface area contributed by atoms with Crippen LogP contribution in [-0.4, -0.2) is 53.7 Å². The van der Waals surface area contributed by atoms with Gasteiger partial charge in [0.15, 0.2) is 0 Å². The quantitative estimate of drug-likeness (QED) is 0.197. The highest BCUT2D eigenvalue weighted by molar-refractivity contribution is 8.26. The van der Waals surface area contributed by atoms with Crippen molar-refractivity contribution < 1.29 is 28.3 Å². The molecule has 1 aromatic carbocycles. The third-order valence-corrected chi connectivity index (χ3v) is 9.80. The Bertz CT molecular complexity index is 1400. The van der Waals surface area contributed by atoms with Crippen molar-refractivity contribution in [3.8, 4) is 22.8 Å². The number of amides is 3. The molecule has 1 saturated heterocycles. The molecule has 4 atom stereocenters. The average Bonchev–Trinajstić information content (AvgIpc) is 3.75. The maximum absolute atomic E-state index is 13.6. The molecule has 3 amide bonds. The van der Waals surface area contributed by atoms with E-state index in [4.69, 9.17) is 31.8 Å². The molecule has 2 aliphatic carbocycles. The number of thioether (sulfide) groups is 1. The largest absolute Gasteiger partial charge is 0.497 e. The van der Waals surface area contributed by atoms with Crippen LogP contribution in [-0.2, 0) is 20.8 Å². The van der Waals surface area contributed by atoms with Crippen LogP contribution in [0.3, 0.4) is 0 Å². The van der Waals surface area contributed by atoms with Crippen LogP contribution in [0.1, 0.15) is 56.8 Å². The molecule has 2 saturated carbocycles. The molecule has 0 radical (unpaired) electrons. The molecule has 2 heterocycles. The zero-order valence-corrected chi connectivity index (χ0v) is 25.8. The van der Waals surface area contributed by atoms with Crippen LogP contribution in [0.15, 0.2) is 33.6 Å². The summed E-state index contributed by atoms with van der Waals surface area (Å²) in [5.74, 6) is 2.42. The normalized spacial score (nSPS) is 23.1. The molecule has 1 aliphatic heterocycles. The standard InChI is InChI=1S/C31H37N3O6S2/c1-17(9-28(32)35)29(36)33-8-4-5-20-14-25(21-12-22(38-2)15-23(13-21)39-3)40-26(20)16-27-30(37)34(31(41)42-27)24-11-18-6-7-19(24)10-18/h12-19,24H,4-11H2,1-3H3,(H2,32,35)(H,33,36)/b27-16-/t17-,18?,19?,24?/m0/s1. The molecule has 3 unspecified atom stereocenters. The van der Waals surface area contributed by atoms with Gasteiger partial charge in [-0.25, -0.2) is 0 Å². The first-order valence-corrected chi connectivity index (χ1v) is 15.6. The van der Waals surface area contributed by atoms with Gasteiger partial charge in [0.2, 0.25) is 11.8 Å². The topological polar surface area (TPSA) is 124 Å². The van der Waals surface area contributed by atoms with E-state index >= 15 is 0 Å². The Morgan fingerprint density at radius 1 is 1.19 bits per heavy atom. The lowest BCUT2D eigenvalue weighted by Crippen LogP contribution is -2.41. The minimum absolute atomic E-state index is 0.00544. The molecule has 3 fully saturated rings. The van der Waals surface area contributed by atoms with Gasteiger partial charge in [0.25, 0.3) is 5.91 Å². The first-order valence-electron chi connectivity index (χ1n) is 14.4. The predicted molar refractivity (Wildman–Crippen MR) is 166 cm³/mol. The molecule has 224 valence electrons. The van der Waals surface area contributed by atoms with Crippen molar-refractivity contribution in [3.63, 3.8) is 0 Å². The van der Waals surface area contributed by atoms with E-state index in [0.717, 1.165) is 17.5 Å². The van der Waals surface area contributed by atoms with E-state index in [1.165, 1.54) is 31.0 Å². The van der Waals surface area contributed by atoms with Crippen molar-refractivity contribution >= 4 is 52.1 Å². The van der Waals surface area contributed by atoms with Crippen molar-refractivity contribution in [2.75, 3.05) is 20.8 Å². The van der Waals surface area contributed by atoms with Gasteiger partial charge < -0.3 is 24.9 Å². The van der Waals surface area contributed by atoms with Gasteiger partial charge in [-0.2, -0.15) is 0 Å². The van der Waals surface area contributed by atoms with E-state index in [9.17, 15) is 14.4 Å². The highest BCUT2D eigenvalue weighted by Crippen LogP contribution is 2.49. The zero-order valence-electron chi connectivity index (χ0n) is 24.1. The van der Waals surface area contributed by atoms with Gasteiger partial charge in [-0.1, -0.05) is 37.3 Å². The van der Waals surface area contributed by atoms with Gasteiger partial charge in [-0.3, -0.25) is 19.3 Å². The van der Waals surface area contributed by atoms with Crippen LogP contribution in [0.2, 0.25) is 0 Å². The summed E-state index contributed by atoms with van der Waals surface area (Å²) in [5.41, 5.74) is 6.90. The Hall–Kier alpha value is -3.31. The van der Waals surface area contributed by atoms with E-state index in [2.05, 4.69) is 5.32 Å². The summed E-state index contributed by atoms with van der Waals surface area (Å²) < 4.78 is 17.9. The molecule has 1 aromatic heterocycles. The number of nitrogens with zero attached hydrogens (tertiary/aromatic N) is 1. The summed E-state index contributed by atoms with van der Waals surface area (Å²) in [6.45, 7) is 2.09. The number of nitrogens with one attached hydrogen (secondary N) is 1. The van der Waals surface area contributed by atoms with Gasteiger partial charge in [-0.05, 0) is 67.7 Å². The Labute approximate surface area is 255 Å². The van der Waals surface area contributed by atoms with Crippen LogP contribution in [0.5, 0.6) is 11.5 Å². The molecule has 5 rings (SSSR count). The lowest BCUT2D eigenvalue weighted by molar-refractivity contribution is -0.128. The fourth-order valence-electron chi connectivity index (χ4n) is 6.32. The number of hydrogen-bond donors (Lipinski definition) is 2. The summed E-state index contributed by atoms with van der Waals surface area (Å²) in [4.78, 5) is 39.5. The number of fused-ring (bicyclic) bond motifs is 2. The number of ether oxygens (including phenoxy) is 2. The second kappa shape index (κ2) is 12.9. The number of rotatable bonds is 12. The molecule has 2 bridgehead atoms. The lowest BCUT2D eigenvalue weighted by atomic mass is 9.94. The molecular weight excluding hydrogens is 574 g/mol. The minimum atomic E-state index is -0.506. The minimum Gasteiger partial charge on any atom is -0.497 e. The van der Waals surface area contributed by atoms with E-state index in [1.54, 1.807) is 33.3 Å². The van der Waals surface area contributed by atoms with E-state index in [1.807, 2.05) is 23.1 Å². The third kappa shape index (κ3) is 6.52. The number of methoxy groups -OCH3 is 2. The molecule has 42 heavy (non-hydrogen) atoms. The smallest absolute Gasteiger partial charge is 0.266 e. The SMILES string of the molecule is COc1cc(OC)cc(-c2cc(CCCNC(=O)[C@@H](C)CC(N)=O)c(/C=C3\SC(=S)N(C4CC5CCC4C5)C3=O)o2)c1. The van der Waals surface area contributed by atoms with Crippen LogP contribution in [0.25, 0.3) is 17.4 Å². The van der Waals surface area contributed by atoms with Crippen molar-refractivity contribution in [3.05, 3.63) is 40.5 Å². The zero-order chi connectivity index (χ0) is 30.0. The first-order chi connectivity index (χ1) is 20.2. The number of carbonyl (C=O) groups is 3. The van der Waals surface area contributed by atoms with Crippen molar-refractivity contribution in [1.82, 2.24) is 10.2 Å². The number of benzene rings is 1. The highest BCUT2D eigenvalue weighted by atomic mass is 32.2. The van der Waals surface area contributed by atoms with E-state index in [0.29, 0.717) is 63.5 Å². The fraction of sp³-hybridized carbons (Fsp3) is 0.484. The van der Waals surface area contributed by atoms with Crippen LogP contribution >= 0.6 is 24.0 Å². The number of thiocarbonyl (C=S) groups is 1. The second-order valence-corrected chi connectivity index (χ2v) is 13.0. The maximum Gasteiger partial charge on any atom is 0.266 e. The van der Waals surface area contributed by atoms with Gasteiger partial charge in [0.1, 0.15) is 27.3 Å². The Morgan fingerprint density at radius 3 is 2.55 bits per heavy atom.